The van der Waals surface area contributed by atoms with Crippen molar-refractivity contribution in [1.82, 2.24) is 10.6 Å². The molecule has 0 aliphatic heterocycles. The van der Waals surface area contributed by atoms with E-state index in [4.69, 9.17) is 17.7 Å². The van der Waals surface area contributed by atoms with E-state index in [1.807, 2.05) is 0 Å². The molecule has 0 bridgehead atoms. The van der Waals surface area contributed by atoms with Crippen molar-refractivity contribution in [2.75, 3.05) is 14.2 Å². The summed E-state index contributed by atoms with van der Waals surface area (Å²) in [7, 11) is 2.38. The second-order valence-electron chi connectivity index (χ2n) is 7.95. The molecule has 0 saturated heterocycles. The molecule has 0 aliphatic carbocycles. The number of hydrogen-bond donors (Lipinski definition) is 2. The van der Waals surface area contributed by atoms with Crippen molar-refractivity contribution in [3.05, 3.63) is 34.9 Å². The van der Waals surface area contributed by atoms with Crippen molar-refractivity contribution in [3.8, 4) is 0 Å². The highest BCUT2D eigenvalue weighted by Gasteiger charge is 2.35. The van der Waals surface area contributed by atoms with Crippen LogP contribution in [0.3, 0.4) is 0 Å². The number of hydrogen-bond acceptors (Lipinski definition) is 6. The van der Waals surface area contributed by atoms with E-state index in [2.05, 4.69) is 10.1 Å². The third-order valence-electron chi connectivity index (χ3n) is 4.92. The van der Waals surface area contributed by atoms with Crippen LogP contribution in [-0.2, 0) is 34.1 Å². The largest absolute Gasteiger partial charge is 0.469 e. The van der Waals surface area contributed by atoms with Crippen molar-refractivity contribution in [3.63, 3.8) is 0 Å². The normalized spacial score (nSPS) is 13.6. The summed E-state index contributed by atoms with van der Waals surface area (Å²) in [6.45, 7) is 6.69. The molecule has 1 aromatic carbocycles. The molecule has 8 nitrogen and oxygen atoms in total. The van der Waals surface area contributed by atoms with Gasteiger partial charge >= 0.3 is 11.9 Å². The molecule has 0 heterocycles. The molecule has 0 saturated carbocycles. The van der Waals surface area contributed by atoms with Crippen molar-refractivity contribution >= 4 is 35.4 Å². The summed E-state index contributed by atoms with van der Waals surface area (Å²) < 4.78 is 17.7. The van der Waals surface area contributed by atoms with E-state index in [1.165, 1.54) is 7.11 Å². The highest BCUT2D eigenvalue weighted by Crippen LogP contribution is 2.25. The minimum absolute atomic E-state index is 0.0435. The smallest absolute Gasteiger partial charge is 0.328 e. The van der Waals surface area contributed by atoms with Crippen LogP contribution in [0.15, 0.2) is 24.3 Å². The number of ether oxygens (including phenoxy) is 2. The Morgan fingerprint density at radius 3 is 2.16 bits per heavy atom. The van der Waals surface area contributed by atoms with Gasteiger partial charge in [-0.15, -0.1) is 0 Å². The zero-order valence-corrected chi connectivity index (χ0v) is 19.5. The van der Waals surface area contributed by atoms with Gasteiger partial charge in [-0.25, -0.2) is 4.79 Å². The van der Waals surface area contributed by atoms with Crippen molar-refractivity contribution in [1.29, 1.82) is 0 Å². The van der Waals surface area contributed by atoms with Gasteiger partial charge in [-0.05, 0) is 43.9 Å². The predicted octanol–water partition coefficient (Wildman–Crippen LogP) is 2.37. The molecule has 2 N–H and O–H groups in total. The first-order valence-corrected chi connectivity index (χ1v) is 10.3. The molecule has 31 heavy (non-hydrogen) atoms. The molecule has 0 fully saturated rings. The molecule has 9 heteroatoms. The van der Waals surface area contributed by atoms with E-state index in [0.29, 0.717) is 15.9 Å². The first-order valence-electron chi connectivity index (χ1n) is 10.3. The van der Waals surface area contributed by atoms with E-state index in [9.17, 15) is 19.2 Å². The topological polar surface area (TPSA) is 111 Å². The van der Waals surface area contributed by atoms with Crippen LogP contribution in [0.4, 0.5) is 0 Å². The number of methoxy groups -OCH3 is 2. The number of esters is 2. The standard InChI is InChI=1S/C22H31ClN2O6/c1-13(2)18(19(27)24-16(20(28)31-6)11-12-17(26)30-5)25-21(29)22(3,4)14-7-9-15(23)10-8-14/h7-10,13,16,18H,11-12H2,1-6H3,(H,24,27)(H,25,29)/t16-,18-/m0/s1/i/hD. The minimum Gasteiger partial charge on any atom is -0.469 e. The fourth-order valence-electron chi connectivity index (χ4n) is 2.80. The molecule has 2 atom stereocenters. The Bertz CT molecular complexity index is 828. The number of carbonyl (C=O) groups is 4. The van der Waals surface area contributed by atoms with Gasteiger partial charge in [-0.3, -0.25) is 14.4 Å². The predicted molar refractivity (Wildman–Crippen MR) is 116 cm³/mol. The highest BCUT2D eigenvalue weighted by atomic mass is 35.5. The summed E-state index contributed by atoms with van der Waals surface area (Å²) in [5, 5.41) is 3.67. The molecule has 0 radical (unpaired) electrons. The second kappa shape index (κ2) is 11.7. The lowest BCUT2D eigenvalue weighted by molar-refractivity contribution is -0.147. The molecule has 0 aliphatic rings. The lowest BCUT2D eigenvalue weighted by Gasteiger charge is -2.30. The summed E-state index contributed by atoms with van der Waals surface area (Å²) >= 11 is 5.93. The summed E-state index contributed by atoms with van der Waals surface area (Å²) in [4.78, 5) is 49.7. The van der Waals surface area contributed by atoms with Gasteiger partial charge in [0.2, 0.25) is 11.8 Å². The van der Waals surface area contributed by atoms with Crippen LogP contribution in [0.25, 0.3) is 0 Å². The number of carbonyl (C=O) groups excluding carboxylic acids is 4. The molecule has 2 amide bonds. The fourth-order valence-corrected chi connectivity index (χ4v) is 2.93. The number of halogens is 1. The Balaban J connectivity index is 3.09. The maximum atomic E-state index is 13.2. The summed E-state index contributed by atoms with van der Waals surface area (Å²) in [6, 6.07) is 4.38. The Kier molecular flexibility index (Phi) is 9.30. The van der Waals surface area contributed by atoms with Gasteiger partial charge in [-0.1, -0.05) is 37.6 Å². The highest BCUT2D eigenvalue weighted by molar-refractivity contribution is 6.30. The number of nitrogens with one attached hydrogen (secondary N) is 2. The number of rotatable bonds is 10. The van der Waals surface area contributed by atoms with Crippen molar-refractivity contribution in [2.24, 2.45) is 5.92 Å². The van der Waals surface area contributed by atoms with Gasteiger partial charge in [-0.2, -0.15) is 0 Å². The van der Waals surface area contributed by atoms with E-state index >= 15 is 0 Å². The van der Waals surface area contributed by atoms with Gasteiger partial charge in [0.05, 0.1) is 19.6 Å². The molecule has 1 rings (SSSR count). The zero-order chi connectivity index (χ0) is 24.6. The average Bonchev–Trinajstić information content (AvgIpc) is 2.75. The minimum atomic E-state index is -1.18. The zero-order valence-electron chi connectivity index (χ0n) is 19.7. The summed E-state index contributed by atoms with van der Waals surface area (Å²) in [6.07, 6.45) is -0.159. The van der Waals surface area contributed by atoms with Crippen LogP contribution in [0.1, 0.15) is 46.1 Å². The first-order chi connectivity index (χ1) is 14.9. The van der Waals surface area contributed by atoms with Crippen molar-refractivity contribution in [2.45, 2.75) is 58.0 Å². The molecule has 0 spiro atoms. The summed E-state index contributed by atoms with van der Waals surface area (Å²) in [5.74, 6) is -3.02. The van der Waals surface area contributed by atoms with Gasteiger partial charge in [0.15, 0.2) is 1.41 Å². The third-order valence-corrected chi connectivity index (χ3v) is 5.18. The molecular formula is C22H31ClN2O6. The van der Waals surface area contributed by atoms with E-state index < -0.39 is 47.2 Å². The Morgan fingerprint density at radius 2 is 1.68 bits per heavy atom. The van der Waals surface area contributed by atoms with Gasteiger partial charge in [0.1, 0.15) is 12.1 Å². The van der Waals surface area contributed by atoms with Crippen molar-refractivity contribution < 1.29 is 30.1 Å². The monoisotopic (exact) mass is 455 g/mol. The lowest BCUT2D eigenvalue weighted by Crippen LogP contribution is -2.56. The first kappa shape index (κ1) is 24.7. The molecular weight excluding hydrogens is 424 g/mol. The number of amides is 2. The molecule has 0 unspecified atom stereocenters. The lowest BCUT2D eigenvalue weighted by atomic mass is 9.83. The molecule has 1 aromatic rings. The SMILES string of the molecule is [2H]N(C(=O)C(C)(C)c1ccc(Cl)cc1)[C@H](C(=O)N[C@@H](CCC(=O)OC)C(=O)OC)C(C)C. The van der Waals surface area contributed by atoms with Crippen LogP contribution in [0.2, 0.25) is 6.43 Å². The van der Waals surface area contributed by atoms with Crippen LogP contribution >= 0.6 is 11.6 Å². The quantitative estimate of drug-likeness (QED) is 0.524. The number of benzene rings is 1. The van der Waals surface area contributed by atoms with Crippen LogP contribution < -0.4 is 10.6 Å². The Hall–Kier alpha value is -2.61. The maximum Gasteiger partial charge on any atom is 0.328 e. The van der Waals surface area contributed by atoms with Gasteiger partial charge < -0.3 is 20.1 Å². The third kappa shape index (κ3) is 7.54. The van der Waals surface area contributed by atoms with Crippen LogP contribution in [0.5, 0.6) is 0 Å². The van der Waals surface area contributed by atoms with E-state index in [0.717, 1.165) is 7.11 Å². The molecule has 172 valence electrons. The Morgan fingerprint density at radius 1 is 1.10 bits per heavy atom. The maximum absolute atomic E-state index is 13.2. The summed E-state index contributed by atoms with van der Waals surface area (Å²) in [5.41, 5.74) is -0.468. The van der Waals surface area contributed by atoms with Gasteiger partial charge in [0.25, 0.3) is 0 Å². The van der Waals surface area contributed by atoms with Crippen LogP contribution in [-0.4, -0.2) is 50.1 Å². The van der Waals surface area contributed by atoms with E-state index in [-0.39, 0.29) is 12.8 Å². The Labute approximate surface area is 189 Å². The molecule has 0 aromatic heterocycles. The van der Waals surface area contributed by atoms with E-state index in [1.54, 1.807) is 52.0 Å². The second-order valence-corrected chi connectivity index (χ2v) is 8.39. The fraction of sp³-hybridized carbons (Fsp3) is 0.545. The van der Waals surface area contributed by atoms with Crippen LogP contribution in [0, 0.1) is 5.92 Å². The average molecular weight is 456 g/mol. The van der Waals surface area contributed by atoms with Gasteiger partial charge in [0, 0.05) is 11.4 Å².